The lowest BCUT2D eigenvalue weighted by atomic mass is 10.2. The largest absolute Gasteiger partial charge is 0.463 e. The number of aromatic nitrogens is 1. The Morgan fingerprint density at radius 1 is 1.48 bits per heavy atom. The summed E-state index contributed by atoms with van der Waals surface area (Å²) in [6.07, 6.45) is 9.73. The van der Waals surface area contributed by atoms with Crippen LogP contribution in [0.3, 0.4) is 0 Å². The molecule has 1 rings (SSSR count). The van der Waals surface area contributed by atoms with E-state index in [4.69, 9.17) is 10.5 Å². The smallest absolute Gasteiger partial charge is 0.244 e. The fraction of sp³-hybridized carbons (Fsp3) is 0.176. The summed E-state index contributed by atoms with van der Waals surface area (Å²) in [5, 5.41) is 5.61. The molecule has 23 heavy (non-hydrogen) atoms. The predicted molar refractivity (Wildman–Crippen MR) is 92.9 cm³/mol. The third-order valence-electron chi connectivity index (χ3n) is 2.62. The van der Waals surface area contributed by atoms with E-state index in [1.165, 1.54) is 6.08 Å². The molecule has 1 aromatic heterocycles. The highest BCUT2D eigenvalue weighted by Gasteiger charge is 2.02. The molecule has 122 valence electrons. The number of hydrogen-bond donors (Lipinski definition) is 3. The maximum absolute atomic E-state index is 11.8. The van der Waals surface area contributed by atoms with Gasteiger partial charge in [0.25, 0.3) is 0 Å². The van der Waals surface area contributed by atoms with Crippen molar-refractivity contribution >= 4 is 17.8 Å². The molecule has 0 saturated carbocycles. The first-order valence-corrected chi connectivity index (χ1v) is 7.06. The van der Waals surface area contributed by atoms with Crippen molar-refractivity contribution in [2.24, 2.45) is 0 Å². The van der Waals surface area contributed by atoms with Gasteiger partial charge in [-0.25, -0.2) is 4.98 Å². The van der Waals surface area contributed by atoms with Gasteiger partial charge in [-0.2, -0.15) is 0 Å². The van der Waals surface area contributed by atoms with Crippen molar-refractivity contribution in [2.45, 2.75) is 6.92 Å². The first kappa shape index (κ1) is 18.0. The van der Waals surface area contributed by atoms with Crippen LogP contribution < -0.4 is 16.4 Å². The Morgan fingerprint density at radius 2 is 2.26 bits per heavy atom. The number of anilines is 1. The Kier molecular flexibility index (Phi) is 7.71. The van der Waals surface area contributed by atoms with Gasteiger partial charge in [0.2, 0.25) is 5.91 Å². The Hall–Kier alpha value is -3.02. The van der Waals surface area contributed by atoms with Crippen LogP contribution in [0.1, 0.15) is 12.5 Å². The highest BCUT2D eigenvalue weighted by Crippen LogP contribution is 2.05. The van der Waals surface area contributed by atoms with Crippen molar-refractivity contribution in [1.82, 2.24) is 15.6 Å². The third-order valence-corrected chi connectivity index (χ3v) is 2.62. The van der Waals surface area contributed by atoms with Gasteiger partial charge in [-0.05, 0) is 36.8 Å². The number of nitrogens with two attached hydrogens (primary N) is 1. The van der Waals surface area contributed by atoms with E-state index in [9.17, 15) is 4.79 Å². The summed E-state index contributed by atoms with van der Waals surface area (Å²) in [6, 6.07) is 3.46. The van der Waals surface area contributed by atoms with E-state index in [0.717, 1.165) is 5.56 Å². The maximum Gasteiger partial charge on any atom is 0.244 e. The molecule has 0 aliphatic rings. The molecule has 4 N–H and O–H groups in total. The summed E-state index contributed by atoms with van der Waals surface area (Å²) in [6.45, 7) is 5.67. The van der Waals surface area contributed by atoms with Crippen molar-refractivity contribution in [3.05, 3.63) is 66.4 Å². The van der Waals surface area contributed by atoms with Gasteiger partial charge in [-0.1, -0.05) is 12.7 Å². The molecule has 0 radical (unpaired) electrons. The SMILES string of the molecule is C=C/C=C(/C)O/C(=C\NC)CNC(=O)/C=C/c1ccc(N)nc1. The van der Waals surface area contributed by atoms with E-state index in [1.807, 2.05) is 0 Å². The topological polar surface area (TPSA) is 89.3 Å². The molecule has 0 spiro atoms. The highest BCUT2D eigenvalue weighted by atomic mass is 16.5. The first-order valence-electron chi connectivity index (χ1n) is 7.06. The molecule has 0 fully saturated rings. The van der Waals surface area contributed by atoms with Gasteiger partial charge in [-0.15, -0.1) is 0 Å². The number of allylic oxidation sites excluding steroid dienone is 3. The Labute approximate surface area is 136 Å². The molecule has 0 aliphatic heterocycles. The summed E-state index contributed by atoms with van der Waals surface area (Å²) in [7, 11) is 1.76. The summed E-state index contributed by atoms with van der Waals surface area (Å²) in [5.74, 6) is 1.46. The minimum atomic E-state index is -0.238. The van der Waals surface area contributed by atoms with Crippen LogP contribution in [0.4, 0.5) is 5.82 Å². The number of nitrogens with one attached hydrogen (secondary N) is 2. The fourth-order valence-electron chi connectivity index (χ4n) is 1.60. The van der Waals surface area contributed by atoms with E-state index in [-0.39, 0.29) is 12.5 Å². The summed E-state index contributed by atoms with van der Waals surface area (Å²) in [5.41, 5.74) is 6.29. The average Bonchev–Trinajstić information content (AvgIpc) is 2.52. The molecule has 0 atom stereocenters. The lowest BCUT2D eigenvalue weighted by Crippen LogP contribution is -2.25. The highest BCUT2D eigenvalue weighted by molar-refractivity contribution is 5.91. The second kappa shape index (κ2) is 9.83. The van der Waals surface area contributed by atoms with Crippen LogP contribution in [0.2, 0.25) is 0 Å². The van der Waals surface area contributed by atoms with E-state index < -0.39 is 0 Å². The van der Waals surface area contributed by atoms with Crippen LogP contribution in [0.5, 0.6) is 0 Å². The zero-order valence-electron chi connectivity index (χ0n) is 13.4. The molecule has 6 heteroatoms. The molecule has 0 aliphatic carbocycles. The van der Waals surface area contributed by atoms with Gasteiger partial charge in [0.15, 0.2) is 0 Å². The molecule has 0 bridgehead atoms. The van der Waals surface area contributed by atoms with Crippen LogP contribution in [0.15, 0.2) is 60.9 Å². The second-order valence-corrected chi connectivity index (χ2v) is 4.58. The van der Waals surface area contributed by atoms with Crippen molar-refractivity contribution in [3.63, 3.8) is 0 Å². The maximum atomic E-state index is 11.8. The molecule has 0 aromatic carbocycles. The summed E-state index contributed by atoms with van der Waals surface area (Å²) < 4.78 is 5.58. The molecule has 6 nitrogen and oxygen atoms in total. The van der Waals surface area contributed by atoms with Crippen molar-refractivity contribution in [1.29, 1.82) is 0 Å². The van der Waals surface area contributed by atoms with Crippen LogP contribution in [0, 0.1) is 0 Å². The molecule has 0 saturated heterocycles. The van der Waals surface area contributed by atoms with Crippen LogP contribution in [0.25, 0.3) is 6.08 Å². The molecule has 1 heterocycles. The number of nitrogen functional groups attached to an aromatic ring is 1. The standard InChI is InChI=1S/C17H22N4O2/c1-4-5-13(2)23-15(11-19-3)12-21-17(22)9-7-14-6-8-16(18)20-10-14/h4-11,19H,1,12H2,2-3H3,(H2,18,20)(H,21,22)/b9-7+,13-5-,15-11-. The number of nitrogens with zero attached hydrogens (tertiary/aromatic N) is 1. The Balaban J connectivity index is 2.55. The lowest BCUT2D eigenvalue weighted by molar-refractivity contribution is -0.116. The monoisotopic (exact) mass is 314 g/mol. The number of carbonyl (C=O) groups excluding carboxylic acids is 1. The molecule has 1 amide bonds. The third kappa shape index (κ3) is 7.52. The van der Waals surface area contributed by atoms with Crippen LogP contribution in [-0.4, -0.2) is 24.5 Å². The predicted octanol–water partition coefficient (Wildman–Crippen LogP) is 1.96. The number of carbonyl (C=O) groups is 1. The normalized spacial score (nSPS) is 12.1. The van der Waals surface area contributed by atoms with E-state index in [1.54, 1.807) is 56.7 Å². The molecule has 1 aromatic rings. The van der Waals surface area contributed by atoms with Gasteiger partial charge in [0.1, 0.15) is 17.3 Å². The molecular weight excluding hydrogens is 292 g/mol. The Morgan fingerprint density at radius 3 is 2.87 bits per heavy atom. The first-order chi connectivity index (χ1) is 11.0. The zero-order valence-corrected chi connectivity index (χ0v) is 13.4. The second-order valence-electron chi connectivity index (χ2n) is 4.58. The zero-order chi connectivity index (χ0) is 17.1. The minimum Gasteiger partial charge on any atom is -0.463 e. The number of hydrogen-bond acceptors (Lipinski definition) is 5. The van der Waals surface area contributed by atoms with Gasteiger partial charge < -0.3 is 21.1 Å². The van der Waals surface area contributed by atoms with E-state index in [2.05, 4.69) is 22.2 Å². The lowest BCUT2D eigenvalue weighted by Gasteiger charge is -2.10. The fourth-order valence-corrected chi connectivity index (χ4v) is 1.60. The number of rotatable bonds is 8. The van der Waals surface area contributed by atoms with Crippen molar-refractivity contribution < 1.29 is 9.53 Å². The number of ether oxygens (including phenoxy) is 1. The summed E-state index contributed by atoms with van der Waals surface area (Å²) in [4.78, 5) is 15.8. The quantitative estimate of drug-likeness (QED) is 0.388. The molecule has 0 unspecified atom stereocenters. The van der Waals surface area contributed by atoms with Crippen LogP contribution in [-0.2, 0) is 9.53 Å². The van der Waals surface area contributed by atoms with Gasteiger partial charge >= 0.3 is 0 Å². The van der Waals surface area contributed by atoms with Gasteiger partial charge in [0.05, 0.1) is 6.54 Å². The van der Waals surface area contributed by atoms with Gasteiger partial charge in [0, 0.05) is 25.5 Å². The van der Waals surface area contributed by atoms with E-state index in [0.29, 0.717) is 17.3 Å². The Bertz CT molecular complexity index is 616. The number of amides is 1. The number of pyridine rings is 1. The molecular formula is C17H22N4O2. The summed E-state index contributed by atoms with van der Waals surface area (Å²) >= 11 is 0. The minimum absolute atomic E-state index is 0.238. The van der Waals surface area contributed by atoms with Crippen molar-refractivity contribution in [2.75, 3.05) is 19.3 Å². The van der Waals surface area contributed by atoms with Gasteiger partial charge in [-0.3, -0.25) is 4.79 Å². The van der Waals surface area contributed by atoms with Crippen LogP contribution >= 0.6 is 0 Å². The van der Waals surface area contributed by atoms with E-state index >= 15 is 0 Å². The van der Waals surface area contributed by atoms with Crippen molar-refractivity contribution in [3.8, 4) is 0 Å². The average molecular weight is 314 g/mol.